The first-order chi connectivity index (χ1) is 9.67. The van der Waals surface area contributed by atoms with Crippen LogP contribution in [-0.4, -0.2) is 43.3 Å². The predicted molar refractivity (Wildman–Crippen MR) is 79.0 cm³/mol. The van der Waals surface area contributed by atoms with Crippen LogP contribution in [0.2, 0.25) is 0 Å². The Morgan fingerprint density at radius 2 is 2.05 bits per heavy atom. The van der Waals surface area contributed by atoms with Gasteiger partial charge in [0, 0.05) is 32.1 Å². The summed E-state index contributed by atoms with van der Waals surface area (Å²) in [5.41, 5.74) is 8.68. The quantitative estimate of drug-likeness (QED) is 0.913. The van der Waals surface area contributed by atoms with Gasteiger partial charge in [-0.3, -0.25) is 4.90 Å². The molecule has 1 saturated heterocycles. The van der Waals surface area contributed by atoms with Gasteiger partial charge in [-0.1, -0.05) is 12.1 Å². The lowest BCUT2D eigenvalue weighted by Gasteiger charge is -2.40. The van der Waals surface area contributed by atoms with Crippen molar-refractivity contribution < 1.29 is 9.47 Å². The monoisotopic (exact) mass is 276 g/mol. The molecule has 0 aromatic heterocycles. The highest BCUT2D eigenvalue weighted by molar-refractivity contribution is 5.41. The summed E-state index contributed by atoms with van der Waals surface area (Å²) < 4.78 is 11.4. The molecule has 1 aromatic rings. The van der Waals surface area contributed by atoms with E-state index in [-0.39, 0.29) is 18.2 Å². The van der Waals surface area contributed by atoms with Gasteiger partial charge in [0.25, 0.3) is 0 Å². The summed E-state index contributed by atoms with van der Waals surface area (Å²) >= 11 is 0. The van der Waals surface area contributed by atoms with Crippen molar-refractivity contribution in [3.05, 3.63) is 29.3 Å². The van der Waals surface area contributed by atoms with Crippen LogP contribution in [0.1, 0.15) is 31.0 Å². The summed E-state index contributed by atoms with van der Waals surface area (Å²) in [6, 6.07) is 6.79. The van der Waals surface area contributed by atoms with E-state index in [0.29, 0.717) is 6.54 Å². The van der Waals surface area contributed by atoms with Gasteiger partial charge < -0.3 is 15.2 Å². The molecule has 1 fully saturated rings. The molecule has 3 atom stereocenters. The third kappa shape index (κ3) is 2.68. The molecule has 0 saturated carbocycles. The average molecular weight is 276 g/mol. The van der Waals surface area contributed by atoms with Gasteiger partial charge in [-0.15, -0.1) is 0 Å². The highest BCUT2D eigenvalue weighted by Gasteiger charge is 2.28. The zero-order valence-corrected chi connectivity index (χ0v) is 12.3. The summed E-state index contributed by atoms with van der Waals surface area (Å²) in [6.07, 6.45) is 1.55. The normalized spacial score (nSPS) is 27.9. The van der Waals surface area contributed by atoms with E-state index in [1.807, 2.05) is 0 Å². The summed E-state index contributed by atoms with van der Waals surface area (Å²) in [7, 11) is 0. The van der Waals surface area contributed by atoms with Crippen LogP contribution in [-0.2, 0) is 11.2 Å². The lowest BCUT2D eigenvalue weighted by Crippen LogP contribution is -2.48. The van der Waals surface area contributed by atoms with Crippen LogP contribution in [0.5, 0.6) is 5.75 Å². The standard InChI is InChI=1S/C16H24N2O2/c1-11-9-18(10-12(2)20-11)15(8-17)13-3-4-16-14(7-13)5-6-19-16/h3-4,7,11-12,15H,5-6,8-10,17H2,1-2H3/t11-,12+,15?. The first kappa shape index (κ1) is 13.9. The minimum Gasteiger partial charge on any atom is -0.493 e. The molecule has 2 N–H and O–H groups in total. The first-order valence-electron chi connectivity index (χ1n) is 7.52. The molecule has 0 aliphatic carbocycles. The number of nitrogens with two attached hydrogens (primary N) is 1. The molecular formula is C16H24N2O2. The van der Waals surface area contributed by atoms with E-state index >= 15 is 0 Å². The lowest BCUT2D eigenvalue weighted by atomic mass is 10.00. The smallest absolute Gasteiger partial charge is 0.122 e. The number of nitrogens with zero attached hydrogens (tertiary/aromatic N) is 1. The van der Waals surface area contributed by atoms with Crippen molar-refractivity contribution in [2.75, 3.05) is 26.2 Å². The first-order valence-corrected chi connectivity index (χ1v) is 7.52. The molecule has 4 heteroatoms. The molecular weight excluding hydrogens is 252 g/mol. The van der Waals surface area contributed by atoms with Gasteiger partial charge in [0.2, 0.25) is 0 Å². The molecule has 3 rings (SSSR count). The number of hydrogen-bond acceptors (Lipinski definition) is 4. The minimum absolute atomic E-state index is 0.269. The second-order valence-electron chi connectivity index (χ2n) is 5.93. The largest absolute Gasteiger partial charge is 0.493 e. The number of fused-ring (bicyclic) bond motifs is 1. The predicted octanol–water partition coefficient (Wildman–Crippen LogP) is 1.73. The van der Waals surface area contributed by atoms with Crippen LogP contribution < -0.4 is 10.5 Å². The topological polar surface area (TPSA) is 47.7 Å². The Hall–Kier alpha value is -1.10. The molecule has 1 aromatic carbocycles. The van der Waals surface area contributed by atoms with Gasteiger partial charge in [0.15, 0.2) is 0 Å². The van der Waals surface area contributed by atoms with E-state index in [4.69, 9.17) is 15.2 Å². The van der Waals surface area contributed by atoms with Gasteiger partial charge in [0.05, 0.1) is 18.8 Å². The summed E-state index contributed by atoms with van der Waals surface area (Å²) in [5.74, 6) is 1.04. The van der Waals surface area contributed by atoms with E-state index in [1.54, 1.807) is 0 Å². The Labute approximate surface area is 120 Å². The fourth-order valence-corrected chi connectivity index (χ4v) is 3.38. The van der Waals surface area contributed by atoms with Crippen molar-refractivity contribution >= 4 is 0 Å². The molecule has 0 spiro atoms. The number of benzene rings is 1. The van der Waals surface area contributed by atoms with Crippen LogP contribution >= 0.6 is 0 Å². The molecule has 2 aliphatic rings. The molecule has 2 aliphatic heterocycles. The van der Waals surface area contributed by atoms with Crippen molar-refractivity contribution in [2.24, 2.45) is 5.73 Å². The third-order valence-corrected chi connectivity index (χ3v) is 4.21. The number of hydrogen-bond donors (Lipinski definition) is 1. The van der Waals surface area contributed by atoms with E-state index in [0.717, 1.165) is 31.9 Å². The molecule has 0 radical (unpaired) electrons. The van der Waals surface area contributed by atoms with Crippen LogP contribution in [0.15, 0.2) is 18.2 Å². The van der Waals surface area contributed by atoms with Crippen molar-refractivity contribution in [1.82, 2.24) is 4.90 Å². The Balaban J connectivity index is 1.82. The van der Waals surface area contributed by atoms with Gasteiger partial charge in [-0.05, 0) is 31.0 Å². The molecule has 20 heavy (non-hydrogen) atoms. The number of rotatable bonds is 3. The Bertz CT molecular complexity index is 468. The van der Waals surface area contributed by atoms with Crippen molar-refractivity contribution in [3.63, 3.8) is 0 Å². The summed E-state index contributed by atoms with van der Waals surface area (Å²) in [6.45, 7) is 7.59. The van der Waals surface area contributed by atoms with E-state index < -0.39 is 0 Å². The van der Waals surface area contributed by atoms with Gasteiger partial charge >= 0.3 is 0 Å². The van der Waals surface area contributed by atoms with Crippen molar-refractivity contribution in [2.45, 2.75) is 38.5 Å². The molecule has 0 amide bonds. The van der Waals surface area contributed by atoms with Crippen LogP contribution in [0, 0.1) is 0 Å². The van der Waals surface area contributed by atoms with Gasteiger partial charge in [-0.25, -0.2) is 0 Å². The van der Waals surface area contributed by atoms with Crippen LogP contribution in [0.4, 0.5) is 0 Å². The Kier molecular flexibility index (Phi) is 3.96. The average Bonchev–Trinajstić information content (AvgIpc) is 2.86. The highest BCUT2D eigenvalue weighted by Crippen LogP contribution is 2.31. The maximum absolute atomic E-state index is 6.06. The lowest BCUT2D eigenvalue weighted by molar-refractivity contribution is -0.0799. The zero-order chi connectivity index (χ0) is 14.1. The van der Waals surface area contributed by atoms with Crippen molar-refractivity contribution in [3.8, 4) is 5.75 Å². The van der Waals surface area contributed by atoms with Crippen molar-refractivity contribution in [1.29, 1.82) is 0 Å². The molecule has 110 valence electrons. The van der Waals surface area contributed by atoms with E-state index in [1.165, 1.54) is 11.1 Å². The van der Waals surface area contributed by atoms with Gasteiger partial charge in [-0.2, -0.15) is 0 Å². The molecule has 4 nitrogen and oxygen atoms in total. The Morgan fingerprint density at radius 1 is 1.30 bits per heavy atom. The highest BCUT2D eigenvalue weighted by atomic mass is 16.5. The maximum Gasteiger partial charge on any atom is 0.122 e. The fraction of sp³-hybridized carbons (Fsp3) is 0.625. The number of ether oxygens (including phenoxy) is 2. The third-order valence-electron chi connectivity index (χ3n) is 4.21. The second kappa shape index (κ2) is 5.72. The van der Waals surface area contributed by atoms with Crippen LogP contribution in [0.25, 0.3) is 0 Å². The SMILES string of the molecule is C[C@@H]1CN(C(CN)c2ccc3c(c2)CCO3)C[C@H](C)O1. The molecule has 0 bridgehead atoms. The van der Waals surface area contributed by atoms with E-state index in [2.05, 4.69) is 36.9 Å². The summed E-state index contributed by atoms with van der Waals surface area (Å²) in [5, 5.41) is 0. The van der Waals surface area contributed by atoms with Gasteiger partial charge in [0.1, 0.15) is 5.75 Å². The molecule has 1 unspecified atom stereocenters. The van der Waals surface area contributed by atoms with E-state index in [9.17, 15) is 0 Å². The fourth-order valence-electron chi connectivity index (χ4n) is 3.38. The minimum atomic E-state index is 0.269. The Morgan fingerprint density at radius 3 is 2.75 bits per heavy atom. The number of morpholine rings is 1. The summed E-state index contributed by atoms with van der Waals surface area (Å²) in [4.78, 5) is 2.45. The maximum atomic E-state index is 6.06. The molecule has 2 heterocycles. The zero-order valence-electron chi connectivity index (χ0n) is 12.3. The van der Waals surface area contributed by atoms with Crippen LogP contribution in [0.3, 0.4) is 0 Å². The second-order valence-corrected chi connectivity index (χ2v) is 5.93.